The second-order valence-electron chi connectivity index (χ2n) is 5.75. The third-order valence-electron chi connectivity index (χ3n) is 4.56. The zero-order valence-electron chi connectivity index (χ0n) is 11.0. The minimum atomic E-state index is 0.684. The molecule has 3 rings (SSSR count). The second-order valence-corrected chi connectivity index (χ2v) is 5.75. The van der Waals surface area contributed by atoms with E-state index in [-0.39, 0.29) is 0 Å². The second kappa shape index (κ2) is 5.85. The van der Waals surface area contributed by atoms with Crippen molar-refractivity contribution >= 4 is 0 Å². The topological polar surface area (TPSA) is 52.7 Å². The summed E-state index contributed by atoms with van der Waals surface area (Å²) in [5.41, 5.74) is 1.26. The van der Waals surface area contributed by atoms with Gasteiger partial charge in [-0.25, -0.2) is 0 Å². The van der Waals surface area contributed by atoms with E-state index < -0.39 is 0 Å². The standard InChI is InChI=1S/C14H24N4/c1-2-5-14(16-8-11-9-17-18-10-11)12(4-1)13-6-3-7-15-13/h9-10,12-16H,1-8H2,(H,17,18). The van der Waals surface area contributed by atoms with E-state index in [0.29, 0.717) is 6.04 Å². The summed E-state index contributed by atoms with van der Waals surface area (Å²) in [7, 11) is 0. The Bertz CT molecular complexity index is 343. The molecule has 1 saturated carbocycles. The van der Waals surface area contributed by atoms with E-state index in [4.69, 9.17) is 0 Å². The molecule has 4 nitrogen and oxygen atoms in total. The van der Waals surface area contributed by atoms with Gasteiger partial charge in [0.05, 0.1) is 6.20 Å². The van der Waals surface area contributed by atoms with Crippen molar-refractivity contribution in [2.75, 3.05) is 6.54 Å². The summed E-state index contributed by atoms with van der Waals surface area (Å²) in [6.45, 7) is 2.17. The molecule has 1 aliphatic heterocycles. The number of hydrogen-bond acceptors (Lipinski definition) is 3. The van der Waals surface area contributed by atoms with Gasteiger partial charge in [-0.05, 0) is 38.1 Å². The first-order valence-electron chi connectivity index (χ1n) is 7.38. The number of H-pyrrole nitrogens is 1. The lowest BCUT2D eigenvalue weighted by Gasteiger charge is -2.36. The molecule has 3 atom stereocenters. The van der Waals surface area contributed by atoms with Gasteiger partial charge >= 0.3 is 0 Å². The number of aromatic nitrogens is 2. The minimum Gasteiger partial charge on any atom is -0.314 e. The lowest BCUT2D eigenvalue weighted by Crippen LogP contribution is -2.46. The van der Waals surface area contributed by atoms with Crippen molar-refractivity contribution in [3.8, 4) is 0 Å². The highest BCUT2D eigenvalue weighted by Crippen LogP contribution is 2.30. The molecule has 3 unspecified atom stereocenters. The number of nitrogens with zero attached hydrogens (tertiary/aromatic N) is 1. The Hall–Kier alpha value is -0.870. The maximum Gasteiger partial charge on any atom is 0.0532 e. The quantitative estimate of drug-likeness (QED) is 0.761. The first kappa shape index (κ1) is 12.2. The van der Waals surface area contributed by atoms with Crippen molar-refractivity contribution in [3.05, 3.63) is 18.0 Å². The highest BCUT2D eigenvalue weighted by Gasteiger charge is 2.32. The van der Waals surface area contributed by atoms with Crippen LogP contribution in [0.15, 0.2) is 12.4 Å². The molecule has 1 aromatic heterocycles. The third kappa shape index (κ3) is 2.75. The van der Waals surface area contributed by atoms with E-state index >= 15 is 0 Å². The Balaban J connectivity index is 1.57. The number of rotatable bonds is 4. The molecule has 0 bridgehead atoms. The van der Waals surface area contributed by atoms with Crippen LogP contribution in [-0.4, -0.2) is 28.8 Å². The van der Waals surface area contributed by atoms with Crippen molar-refractivity contribution in [1.82, 2.24) is 20.8 Å². The van der Waals surface area contributed by atoms with Crippen LogP contribution in [-0.2, 0) is 6.54 Å². The third-order valence-corrected chi connectivity index (χ3v) is 4.56. The Morgan fingerprint density at radius 2 is 2.17 bits per heavy atom. The minimum absolute atomic E-state index is 0.684. The zero-order valence-corrected chi connectivity index (χ0v) is 11.0. The monoisotopic (exact) mass is 248 g/mol. The molecule has 1 saturated heterocycles. The predicted molar refractivity (Wildman–Crippen MR) is 72.2 cm³/mol. The molecule has 0 aromatic carbocycles. The fraction of sp³-hybridized carbons (Fsp3) is 0.786. The molecule has 0 radical (unpaired) electrons. The van der Waals surface area contributed by atoms with Crippen LogP contribution in [0.1, 0.15) is 44.1 Å². The largest absolute Gasteiger partial charge is 0.314 e. The molecule has 1 aliphatic carbocycles. The lowest BCUT2D eigenvalue weighted by atomic mass is 9.79. The SMILES string of the molecule is c1n[nH]cc1CNC1CCCCC1C1CCCN1. The molecule has 2 fully saturated rings. The van der Waals surface area contributed by atoms with Gasteiger partial charge in [0, 0.05) is 30.4 Å². The molecule has 0 spiro atoms. The molecule has 3 N–H and O–H groups in total. The number of aromatic amines is 1. The van der Waals surface area contributed by atoms with Gasteiger partial charge in [-0.15, -0.1) is 0 Å². The maximum atomic E-state index is 4.01. The summed E-state index contributed by atoms with van der Waals surface area (Å²) in [5.74, 6) is 0.827. The van der Waals surface area contributed by atoms with E-state index in [1.54, 1.807) is 0 Å². The highest BCUT2D eigenvalue weighted by molar-refractivity contribution is 5.02. The summed E-state index contributed by atoms with van der Waals surface area (Å²) < 4.78 is 0. The van der Waals surface area contributed by atoms with Crippen molar-refractivity contribution in [3.63, 3.8) is 0 Å². The van der Waals surface area contributed by atoms with Crippen LogP contribution in [0, 0.1) is 5.92 Å². The van der Waals surface area contributed by atoms with Gasteiger partial charge in [-0.2, -0.15) is 5.10 Å². The van der Waals surface area contributed by atoms with Gasteiger partial charge in [0.15, 0.2) is 0 Å². The summed E-state index contributed by atoms with van der Waals surface area (Å²) in [6, 6.07) is 1.44. The Morgan fingerprint density at radius 1 is 1.22 bits per heavy atom. The van der Waals surface area contributed by atoms with Crippen LogP contribution >= 0.6 is 0 Å². The molecule has 100 valence electrons. The van der Waals surface area contributed by atoms with Crippen molar-refractivity contribution in [2.24, 2.45) is 5.92 Å². The van der Waals surface area contributed by atoms with Gasteiger partial charge in [0.2, 0.25) is 0 Å². The summed E-state index contributed by atoms with van der Waals surface area (Å²) in [6.07, 6.45) is 12.1. The number of hydrogen-bond donors (Lipinski definition) is 3. The molecule has 18 heavy (non-hydrogen) atoms. The lowest BCUT2D eigenvalue weighted by molar-refractivity contribution is 0.213. The molecule has 2 aliphatic rings. The van der Waals surface area contributed by atoms with E-state index in [1.165, 1.54) is 50.6 Å². The molecule has 1 aromatic rings. The Labute approximate surface area is 109 Å². The maximum absolute atomic E-state index is 4.01. The van der Waals surface area contributed by atoms with Gasteiger partial charge < -0.3 is 10.6 Å². The van der Waals surface area contributed by atoms with E-state index in [1.807, 2.05) is 12.4 Å². The molecular weight excluding hydrogens is 224 g/mol. The van der Waals surface area contributed by atoms with Crippen molar-refractivity contribution < 1.29 is 0 Å². The van der Waals surface area contributed by atoms with E-state index in [9.17, 15) is 0 Å². The van der Waals surface area contributed by atoms with Crippen LogP contribution in [0.25, 0.3) is 0 Å². The molecule has 4 heteroatoms. The average molecular weight is 248 g/mol. The van der Waals surface area contributed by atoms with Crippen molar-refractivity contribution in [1.29, 1.82) is 0 Å². The highest BCUT2D eigenvalue weighted by atomic mass is 15.1. The predicted octanol–water partition coefficient (Wildman–Crippen LogP) is 1.81. The van der Waals surface area contributed by atoms with Crippen molar-refractivity contribution in [2.45, 2.75) is 57.2 Å². The normalized spacial score (nSPS) is 32.8. The summed E-state index contributed by atoms with van der Waals surface area (Å²) >= 11 is 0. The average Bonchev–Trinajstić information content (AvgIpc) is 3.10. The fourth-order valence-corrected chi connectivity index (χ4v) is 3.59. The summed E-state index contributed by atoms with van der Waals surface area (Å²) in [4.78, 5) is 0. The van der Waals surface area contributed by atoms with Crippen LogP contribution in [0.3, 0.4) is 0 Å². The molecular formula is C14H24N4. The van der Waals surface area contributed by atoms with Crippen LogP contribution in [0.4, 0.5) is 0 Å². The fourth-order valence-electron chi connectivity index (χ4n) is 3.59. The molecule has 2 heterocycles. The molecule has 0 amide bonds. The van der Waals surface area contributed by atoms with E-state index in [0.717, 1.165) is 18.5 Å². The summed E-state index contributed by atoms with van der Waals surface area (Å²) in [5, 5.41) is 14.3. The first-order chi connectivity index (χ1) is 8.93. The number of nitrogens with one attached hydrogen (secondary N) is 3. The van der Waals surface area contributed by atoms with Crippen LogP contribution < -0.4 is 10.6 Å². The smallest absolute Gasteiger partial charge is 0.0532 e. The Kier molecular flexibility index (Phi) is 3.96. The van der Waals surface area contributed by atoms with Gasteiger partial charge in [-0.3, -0.25) is 5.10 Å². The van der Waals surface area contributed by atoms with Gasteiger partial charge in [-0.1, -0.05) is 12.8 Å². The van der Waals surface area contributed by atoms with Crippen LogP contribution in [0.5, 0.6) is 0 Å². The zero-order chi connectivity index (χ0) is 12.2. The van der Waals surface area contributed by atoms with Gasteiger partial charge in [0.25, 0.3) is 0 Å². The van der Waals surface area contributed by atoms with E-state index in [2.05, 4.69) is 20.8 Å². The Morgan fingerprint density at radius 3 is 2.94 bits per heavy atom. The van der Waals surface area contributed by atoms with Gasteiger partial charge in [0.1, 0.15) is 0 Å². The van der Waals surface area contributed by atoms with Crippen LogP contribution in [0.2, 0.25) is 0 Å². The first-order valence-corrected chi connectivity index (χ1v) is 7.38.